The second kappa shape index (κ2) is 4.07. The molecule has 1 aromatic carbocycles. The predicted molar refractivity (Wildman–Crippen MR) is 65.1 cm³/mol. The van der Waals surface area contributed by atoms with Crippen LogP contribution in [0.5, 0.6) is 0 Å². The first-order valence-corrected chi connectivity index (χ1v) is 6.02. The van der Waals surface area contributed by atoms with E-state index in [1.165, 1.54) is 4.90 Å². The molecule has 4 heteroatoms. The molecule has 92 valence electrons. The summed E-state index contributed by atoms with van der Waals surface area (Å²) in [6, 6.07) is 6.64. The zero-order valence-corrected chi connectivity index (χ0v) is 9.74. The third kappa shape index (κ3) is 1.57. The molecule has 1 N–H and O–H groups in total. The third-order valence-electron chi connectivity index (χ3n) is 3.47. The van der Waals surface area contributed by atoms with Gasteiger partial charge in [0.15, 0.2) is 0 Å². The normalized spacial score (nSPS) is 26.6. The Morgan fingerprint density at radius 2 is 1.61 bits per heavy atom. The monoisotopic (exact) mass is 243 g/mol. The quantitative estimate of drug-likeness (QED) is 0.598. The first-order valence-electron chi connectivity index (χ1n) is 6.02. The number of fused-ring (bicyclic) bond motifs is 1. The summed E-state index contributed by atoms with van der Waals surface area (Å²) in [5.41, 5.74) is 0.948. The lowest BCUT2D eigenvalue weighted by Gasteiger charge is -2.27. The number of carbonyl (C=O) groups is 2. The fourth-order valence-electron chi connectivity index (χ4n) is 2.51. The molecule has 0 aromatic heterocycles. The van der Waals surface area contributed by atoms with Gasteiger partial charge in [0.1, 0.15) is 0 Å². The van der Waals surface area contributed by atoms with Crippen LogP contribution < -0.4 is 0 Å². The van der Waals surface area contributed by atoms with Crippen molar-refractivity contribution in [3.8, 4) is 0 Å². The molecule has 1 aliphatic heterocycles. The van der Waals surface area contributed by atoms with Gasteiger partial charge < -0.3 is 5.11 Å². The number of nitrogens with zero attached hydrogens (tertiary/aromatic N) is 1. The molecule has 2 amide bonds. The molecule has 0 spiro atoms. The number of rotatable bonds is 1. The zero-order chi connectivity index (χ0) is 12.7. The van der Waals surface area contributed by atoms with Crippen LogP contribution in [0.3, 0.4) is 0 Å². The SMILES string of the molecule is O=C1c2ccccc2C(=O)N1C1C=CC(O)CC1. The van der Waals surface area contributed by atoms with Crippen LogP contribution in [0.25, 0.3) is 0 Å². The van der Waals surface area contributed by atoms with E-state index < -0.39 is 6.10 Å². The van der Waals surface area contributed by atoms with E-state index in [1.54, 1.807) is 36.4 Å². The minimum absolute atomic E-state index is 0.235. The van der Waals surface area contributed by atoms with Crippen molar-refractivity contribution in [2.75, 3.05) is 0 Å². The van der Waals surface area contributed by atoms with Crippen molar-refractivity contribution in [2.24, 2.45) is 0 Å². The second-order valence-corrected chi connectivity index (χ2v) is 4.62. The molecule has 1 aliphatic carbocycles. The lowest BCUT2D eigenvalue weighted by molar-refractivity contribution is 0.0589. The average Bonchev–Trinajstić information content (AvgIpc) is 2.64. The Balaban J connectivity index is 1.95. The van der Waals surface area contributed by atoms with Crippen LogP contribution >= 0.6 is 0 Å². The van der Waals surface area contributed by atoms with Crippen LogP contribution in [0.15, 0.2) is 36.4 Å². The summed E-state index contributed by atoms with van der Waals surface area (Å²) < 4.78 is 0. The molecule has 0 saturated carbocycles. The number of imide groups is 1. The molecule has 0 bridgehead atoms. The number of aliphatic hydroxyl groups excluding tert-OH is 1. The second-order valence-electron chi connectivity index (χ2n) is 4.62. The highest BCUT2D eigenvalue weighted by Gasteiger charge is 2.39. The van der Waals surface area contributed by atoms with E-state index in [1.807, 2.05) is 0 Å². The molecule has 2 aliphatic rings. The topological polar surface area (TPSA) is 57.6 Å². The molecule has 2 atom stereocenters. The first kappa shape index (κ1) is 11.2. The maximum atomic E-state index is 12.2. The lowest BCUT2D eigenvalue weighted by atomic mass is 9.99. The lowest BCUT2D eigenvalue weighted by Crippen LogP contribution is -2.40. The van der Waals surface area contributed by atoms with E-state index in [0.29, 0.717) is 24.0 Å². The van der Waals surface area contributed by atoms with Gasteiger partial charge in [-0.15, -0.1) is 0 Å². The standard InChI is InChI=1S/C14H13NO3/c16-10-7-5-9(6-8-10)15-13(17)11-3-1-2-4-12(11)14(15)18/h1-5,7,9-10,16H,6,8H2. The molecule has 2 unspecified atom stereocenters. The molecule has 0 fully saturated rings. The highest BCUT2D eigenvalue weighted by molar-refractivity contribution is 6.21. The van der Waals surface area contributed by atoms with Gasteiger partial charge in [-0.1, -0.05) is 24.3 Å². The van der Waals surface area contributed by atoms with E-state index in [-0.39, 0.29) is 17.9 Å². The Morgan fingerprint density at radius 3 is 2.11 bits per heavy atom. The van der Waals surface area contributed by atoms with Crippen LogP contribution in [0.1, 0.15) is 33.6 Å². The van der Waals surface area contributed by atoms with Gasteiger partial charge >= 0.3 is 0 Å². The summed E-state index contributed by atoms with van der Waals surface area (Å²) >= 11 is 0. The van der Waals surface area contributed by atoms with Gasteiger partial charge in [-0.05, 0) is 25.0 Å². The molecular weight excluding hydrogens is 230 g/mol. The maximum Gasteiger partial charge on any atom is 0.262 e. The number of amides is 2. The van der Waals surface area contributed by atoms with Gasteiger partial charge in [0.05, 0.1) is 23.3 Å². The Labute approximate surface area is 105 Å². The van der Waals surface area contributed by atoms with Crippen molar-refractivity contribution in [3.63, 3.8) is 0 Å². The van der Waals surface area contributed by atoms with Crippen molar-refractivity contribution in [3.05, 3.63) is 47.5 Å². The van der Waals surface area contributed by atoms with Crippen LogP contribution in [-0.4, -0.2) is 34.0 Å². The number of aliphatic hydroxyl groups is 1. The average molecular weight is 243 g/mol. The summed E-state index contributed by atoms with van der Waals surface area (Å²) in [4.78, 5) is 25.7. The first-order chi connectivity index (χ1) is 8.68. The van der Waals surface area contributed by atoms with Gasteiger partial charge in [-0.25, -0.2) is 0 Å². The van der Waals surface area contributed by atoms with Crippen molar-refractivity contribution < 1.29 is 14.7 Å². The number of benzene rings is 1. The molecule has 1 aromatic rings. The summed E-state index contributed by atoms with van der Waals surface area (Å²) in [6.07, 6.45) is 4.13. The summed E-state index contributed by atoms with van der Waals surface area (Å²) in [7, 11) is 0. The van der Waals surface area contributed by atoms with E-state index in [0.717, 1.165) is 0 Å². The highest BCUT2D eigenvalue weighted by atomic mass is 16.3. The number of hydrogen-bond donors (Lipinski definition) is 1. The van der Waals surface area contributed by atoms with Crippen molar-refractivity contribution in [1.29, 1.82) is 0 Å². The van der Waals surface area contributed by atoms with Gasteiger partial charge in [0, 0.05) is 0 Å². The van der Waals surface area contributed by atoms with Gasteiger partial charge in [-0.3, -0.25) is 14.5 Å². The minimum Gasteiger partial charge on any atom is -0.389 e. The molecule has 1 heterocycles. The number of carbonyl (C=O) groups excluding carboxylic acids is 2. The fraction of sp³-hybridized carbons (Fsp3) is 0.286. The van der Waals surface area contributed by atoms with Crippen molar-refractivity contribution in [1.82, 2.24) is 4.90 Å². The molecule has 4 nitrogen and oxygen atoms in total. The summed E-state index contributed by atoms with van der Waals surface area (Å²) in [5.74, 6) is -0.469. The van der Waals surface area contributed by atoms with Crippen LogP contribution in [0.4, 0.5) is 0 Å². The van der Waals surface area contributed by atoms with Crippen molar-refractivity contribution >= 4 is 11.8 Å². The molecule has 3 rings (SSSR count). The van der Waals surface area contributed by atoms with Gasteiger partial charge in [-0.2, -0.15) is 0 Å². The Bertz CT molecular complexity index is 515. The van der Waals surface area contributed by atoms with Gasteiger partial charge in [0.25, 0.3) is 11.8 Å². The van der Waals surface area contributed by atoms with Crippen LogP contribution in [0.2, 0.25) is 0 Å². The zero-order valence-electron chi connectivity index (χ0n) is 9.74. The van der Waals surface area contributed by atoms with Gasteiger partial charge in [0.2, 0.25) is 0 Å². The fourth-order valence-corrected chi connectivity index (χ4v) is 2.51. The van der Waals surface area contributed by atoms with E-state index in [2.05, 4.69) is 0 Å². The Morgan fingerprint density at radius 1 is 1.00 bits per heavy atom. The van der Waals surface area contributed by atoms with E-state index >= 15 is 0 Å². The van der Waals surface area contributed by atoms with Crippen LogP contribution in [-0.2, 0) is 0 Å². The summed E-state index contributed by atoms with van der Waals surface area (Å²) in [5, 5.41) is 9.40. The molecular formula is C14H13NO3. The minimum atomic E-state index is -0.462. The van der Waals surface area contributed by atoms with E-state index in [4.69, 9.17) is 0 Å². The highest BCUT2D eigenvalue weighted by Crippen LogP contribution is 2.28. The third-order valence-corrected chi connectivity index (χ3v) is 3.47. The molecule has 18 heavy (non-hydrogen) atoms. The Kier molecular flexibility index (Phi) is 2.52. The summed E-state index contributed by atoms with van der Waals surface area (Å²) in [6.45, 7) is 0. The maximum absolute atomic E-state index is 12.2. The predicted octanol–water partition coefficient (Wildman–Crippen LogP) is 1.36. The smallest absolute Gasteiger partial charge is 0.262 e. The molecule has 0 radical (unpaired) electrons. The Hall–Kier alpha value is -1.94. The van der Waals surface area contributed by atoms with E-state index in [9.17, 15) is 14.7 Å². The number of hydrogen-bond acceptors (Lipinski definition) is 3. The van der Waals surface area contributed by atoms with Crippen LogP contribution in [0, 0.1) is 0 Å². The molecule has 0 saturated heterocycles. The van der Waals surface area contributed by atoms with Crippen molar-refractivity contribution in [2.45, 2.75) is 25.0 Å². The largest absolute Gasteiger partial charge is 0.389 e.